The van der Waals surface area contributed by atoms with Gasteiger partial charge < -0.3 is 4.90 Å². The van der Waals surface area contributed by atoms with E-state index >= 15 is 0 Å². The highest BCUT2D eigenvalue weighted by Crippen LogP contribution is 2.08. The molecule has 110 valence electrons. The van der Waals surface area contributed by atoms with Crippen molar-refractivity contribution < 1.29 is 0 Å². The molecule has 0 N–H and O–H groups in total. The number of alkyl halides is 1. The quantitative estimate of drug-likeness (QED) is 0.300. The summed E-state index contributed by atoms with van der Waals surface area (Å²) in [6.07, 6.45) is 15.1. The maximum absolute atomic E-state index is 5.67. The molecule has 2 heteroatoms. The van der Waals surface area contributed by atoms with Gasteiger partial charge in [0.05, 0.1) is 0 Å². The topological polar surface area (TPSA) is 3.24 Å². The number of halogens is 1. The van der Waals surface area contributed by atoms with E-state index in [9.17, 15) is 0 Å². The number of hydrogen-bond donors (Lipinski definition) is 0. The molecular formula is C16H34ClN. The highest BCUT2D eigenvalue weighted by Gasteiger charge is 1.98. The van der Waals surface area contributed by atoms with Gasteiger partial charge in [-0.3, -0.25) is 0 Å². The molecule has 0 aliphatic carbocycles. The Bertz CT molecular complexity index is 150. The third-order valence-electron chi connectivity index (χ3n) is 3.57. The Balaban J connectivity index is 3.08. The fraction of sp³-hybridized carbons (Fsp3) is 1.00. The van der Waals surface area contributed by atoms with Crippen molar-refractivity contribution in [1.82, 2.24) is 4.90 Å². The van der Waals surface area contributed by atoms with E-state index in [0.717, 1.165) is 5.88 Å². The monoisotopic (exact) mass is 275 g/mol. The van der Waals surface area contributed by atoms with Gasteiger partial charge in [0.2, 0.25) is 0 Å². The first kappa shape index (κ1) is 18.2. The van der Waals surface area contributed by atoms with Crippen molar-refractivity contribution in [3.63, 3.8) is 0 Å². The van der Waals surface area contributed by atoms with Crippen LogP contribution in [0.2, 0.25) is 0 Å². The van der Waals surface area contributed by atoms with Gasteiger partial charge in [0.25, 0.3) is 0 Å². The predicted molar refractivity (Wildman–Crippen MR) is 84.7 cm³/mol. The number of unbranched alkanes of at least 4 members (excludes halogenated alkanes) is 9. The van der Waals surface area contributed by atoms with E-state index in [4.69, 9.17) is 11.6 Å². The molecule has 0 heterocycles. The third-order valence-corrected chi connectivity index (χ3v) is 3.83. The Labute approximate surface area is 120 Å². The van der Waals surface area contributed by atoms with Gasteiger partial charge in [0, 0.05) is 5.88 Å². The Morgan fingerprint density at radius 2 is 1.11 bits per heavy atom. The first-order valence-corrected chi connectivity index (χ1v) is 8.59. The zero-order valence-electron chi connectivity index (χ0n) is 12.7. The summed E-state index contributed by atoms with van der Waals surface area (Å²) in [5.74, 6) is 0.821. The largest absolute Gasteiger partial charge is 0.306 e. The van der Waals surface area contributed by atoms with Crippen LogP contribution in [0.15, 0.2) is 0 Å². The lowest BCUT2D eigenvalue weighted by molar-refractivity contribution is 0.316. The normalized spacial score (nSPS) is 11.3. The van der Waals surface area contributed by atoms with Gasteiger partial charge in [-0.2, -0.15) is 0 Å². The molecule has 0 aliphatic heterocycles. The van der Waals surface area contributed by atoms with E-state index in [1.54, 1.807) is 0 Å². The SMILES string of the molecule is CCCCCCCCCCN(C)CCCCCCl. The van der Waals surface area contributed by atoms with Gasteiger partial charge in [0.15, 0.2) is 0 Å². The average molecular weight is 276 g/mol. The average Bonchev–Trinajstić information content (AvgIpc) is 2.38. The van der Waals surface area contributed by atoms with Crippen LogP contribution in [0.25, 0.3) is 0 Å². The van der Waals surface area contributed by atoms with E-state index in [2.05, 4.69) is 18.9 Å². The lowest BCUT2D eigenvalue weighted by atomic mass is 10.1. The van der Waals surface area contributed by atoms with Crippen molar-refractivity contribution >= 4 is 11.6 Å². The summed E-state index contributed by atoms with van der Waals surface area (Å²) in [5, 5.41) is 0. The van der Waals surface area contributed by atoms with Crippen LogP contribution in [0.5, 0.6) is 0 Å². The summed E-state index contributed by atoms with van der Waals surface area (Å²) < 4.78 is 0. The standard InChI is InChI=1S/C16H34ClN/c1-3-4-5-6-7-8-9-12-15-18(2)16-13-10-11-14-17/h3-16H2,1-2H3. The summed E-state index contributed by atoms with van der Waals surface area (Å²) in [6, 6.07) is 0. The predicted octanol–water partition coefficient (Wildman–Crippen LogP) is 5.47. The maximum Gasteiger partial charge on any atom is 0.0223 e. The van der Waals surface area contributed by atoms with E-state index in [1.807, 2.05) is 0 Å². The van der Waals surface area contributed by atoms with E-state index in [-0.39, 0.29) is 0 Å². The molecule has 0 atom stereocenters. The van der Waals surface area contributed by atoms with Crippen LogP contribution in [-0.4, -0.2) is 30.9 Å². The van der Waals surface area contributed by atoms with Crippen LogP contribution in [0.4, 0.5) is 0 Å². The molecular weight excluding hydrogens is 242 g/mol. The fourth-order valence-electron chi connectivity index (χ4n) is 2.28. The maximum atomic E-state index is 5.67. The van der Waals surface area contributed by atoms with Crippen LogP contribution >= 0.6 is 11.6 Å². The van der Waals surface area contributed by atoms with Crippen molar-refractivity contribution in [3.05, 3.63) is 0 Å². The Morgan fingerprint density at radius 3 is 1.61 bits per heavy atom. The van der Waals surface area contributed by atoms with Crippen LogP contribution in [0.1, 0.15) is 77.6 Å². The second-order valence-corrected chi connectivity index (χ2v) is 5.91. The Morgan fingerprint density at radius 1 is 0.667 bits per heavy atom. The molecule has 0 bridgehead atoms. The van der Waals surface area contributed by atoms with Crippen LogP contribution in [0, 0.1) is 0 Å². The molecule has 0 aromatic rings. The van der Waals surface area contributed by atoms with Crippen LogP contribution in [-0.2, 0) is 0 Å². The van der Waals surface area contributed by atoms with Gasteiger partial charge in [-0.25, -0.2) is 0 Å². The summed E-state index contributed by atoms with van der Waals surface area (Å²) in [4.78, 5) is 2.48. The molecule has 0 saturated heterocycles. The van der Waals surface area contributed by atoms with Gasteiger partial charge in [-0.1, -0.05) is 58.3 Å². The molecule has 0 aromatic heterocycles. The highest BCUT2D eigenvalue weighted by atomic mass is 35.5. The number of nitrogens with zero attached hydrogens (tertiary/aromatic N) is 1. The van der Waals surface area contributed by atoms with Crippen LogP contribution in [0.3, 0.4) is 0 Å². The van der Waals surface area contributed by atoms with Crippen molar-refractivity contribution in [1.29, 1.82) is 0 Å². The molecule has 0 fully saturated rings. The molecule has 0 unspecified atom stereocenters. The smallest absolute Gasteiger partial charge is 0.0223 e. The zero-order valence-corrected chi connectivity index (χ0v) is 13.5. The van der Waals surface area contributed by atoms with E-state index in [0.29, 0.717) is 0 Å². The Hall–Kier alpha value is 0.250. The van der Waals surface area contributed by atoms with Crippen molar-refractivity contribution in [2.24, 2.45) is 0 Å². The molecule has 0 saturated carbocycles. The molecule has 18 heavy (non-hydrogen) atoms. The van der Waals surface area contributed by atoms with Gasteiger partial charge in [-0.05, 0) is 39.4 Å². The third kappa shape index (κ3) is 14.3. The minimum Gasteiger partial charge on any atom is -0.306 e. The second kappa shape index (κ2) is 15.3. The summed E-state index contributed by atoms with van der Waals surface area (Å²) in [7, 11) is 2.25. The van der Waals surface area contributed by atoms with Crippen LogP contribution < -0.4 is 0 Å². The molecule has 0 spiro atoms. The molecule has 0 radical (unpaired) electrons. The first-order chi connectivity index (χ1) is 8.81. The van der Waals surface area contributed by atoms with E-state index in [1.165, 1.54) is 83.7 Å². The molecule has 0 rings (SSSR count). The summed E-state index contributed by atoms with van der Waals surface area (Å²) >= 11 is 5.67. The molecule has 0 aromatic carbocycles. The van der Waals surface area contributed by atoms with Crippen molar-refractivity contribution in [3.8, 4) is 0 Å². The fourth-order valence-corrected chi connectivity index (χ4v) is 2.47. The van der Waals surface area contributed by atoms with E-state index < -0.39 is 0 Å². The van der Waals surface area contributed by atoms with Crippen molar-refractivity contribution in [2.45, 2.75) is 77.6 Å². The van der Waals surface area contributed by atoms with Gasteiger partial charge >= 0.3 is 0 Å². The lowest BCUT2D eigenvalue weighted by Gasteiger charge is -2.16. The number of rotatable bonds is 14. The summed E-state index contributed by atoms with van der Waals surface area (Å²) in [5.41, 5.74) is 0. The zero-order chi connectivity index (χ0) is 13.5. The second-order valence-electron chi connectivity index (χ2n) is 5.53. The first-order valence-electron chi connectivity index (χ1n) is 8.05. The Kier molecular flexibility index (Phi) is 15.5. The minimum atomic E-state index is 0.821. The lowest BCUT2D eigenvalue weighted by Crippen LogP contribution is -2.20. The van der Waals surface area contributed by atoms with Crippen molar-refractivity contribution in [2.75, 3.05) is 26.0 Å². The van der Waals surface area contributed by atoms with Gasteiger partial charge in [0.1, 0.15) is 0 Å². The number of hydrogen-bond acceptors (Lipinski definition) is 1. The highest BCUT2D eigenvalue weighted by molar-refractivity contribution is 6.17. The minimum absolute atomic E-state index is 0.821. The molecule has 0 amide bonds. The molecule has 0 aliphatic rings. The molecule has 1 nitrogen and oxygen atoms in total. The van der Waals surface area contributed by atoms with Gasteiger partial charge in [-0.15, -0.1) is 11.6 Å². The summed E-state index contributed by atoms with van der Waals surface area (Å²) in [6.45, 7) is 4.80.